The second-order valence-electron chi connectivity index (χ2n) is 8.69. The van der Waals surface area contributed by atoms with Gasteiger partial charge < -0.3 is 19.1 Å². The molecule has 1 aliphatic rings. The molecule has 3 aromatic rings. The molecule has 0 bridgehead atoms. The van der Waals surface area contributed by atoms with Gasteiger partial charge in [-0.05, 0) is 54.8 Å². The summed E-state index contributed by atoms with van der Waals surface area (Å²) in [5.74, 6) is -1.53. The van der Waals surface area contributed by atoms with Gasteiger partial charge in [-0.1, -0.05) is 54.6 Å². The average Bonchev–Trinajstić information content (AvgIpc) is 2.94. The molecule has 0 radical (unpaired) electrons. The van der Waals surface area contributed by atoms with E-state index < -0.39 is 17.9 Å². The molecule has 0 amide bonds. The summed E-state index contributed by atoms with van der Waals surface area (Å²) in [5.41, 5.74) is 3.10. The Hall–Kier alpha value is -4.39. The van der Waals surface area contributed by atoms with Crippen molar-refractivity contribution in [3.05, 3.63) is 125 Å². The van der Waals surface area contributed by atoms with Crippen molar-refractivity contribution in [3.63, 3.8) is 0 Å². The highest BCUT2D eigenvalue weighted by Gasteiger charge is 2.35. The number of nitrogens with zero attached hydrogens (tertiary/aromatic N) is 1. The Labute approximate surface area is 221 Å². The average molecular weight is 516 g/mol. The fourth-order valence-corrected chi connectivity index (χ4v) is 4.26. The van der Waals surface area contributed by atoms with Gasteiger partial charge in [-0.15, -0.1) is 0 Å². The SMILES string of the molecule is CCOC(=O)C1=CN(Cc2ccc(F)cc2)C=C(C(=O)OCC)C1c1cccc(OCc2ccccc2)c1. The number of carbonyl (C=O) groups is 2. The summed E-state index contributed by atoms with van der Waals surface area (Å²) < 4.78 is 30.2. The van der Waals surface area contributed by atoms with Crippen molar-refractivity contribution in [1.29, 1.82) is 0 Å². The number of rotatable bonds is 10. The van der Waals surface area contributed by atoms with Gasteiger partial charge in [0.05, 0.1) is 30.3 Å². The van der Waals surface area contributed by atoms with Gasteiger partial charge >= 0.3 is 11.9 Å². The van der Waals surface area contributed by atoms with Gasteiger partial charge in [-0.2, -0.15) is 0 Å². The van der Waals surface area contributed by atoms with Crippen molar-refractivity contribution in [1.82, 2.24) is 4.90 Å². The number of halogens is 1. The molecule has 4 rings (SSSR count). The summed E-state index contributed by atoms with van der Waals surface area (Å²) in [4.78, 5) is 28.1. The maximum Gasteiger partial charge on any atom is 0.336 e. The maximum absolute atomic E-state index is 13.4. The molecule has 6 nitrogen and oxygen atoms in total. The molecular formula is C31H30FNO5. The number of esters is 2. The molecule has 0 spiro atoms. The molecule has 0 fully saturated rings. The molecule has 0 N–H and O–H groups in total. The van der Waals surface area contributed by atoms with Crippen LogP contribution in [-0.2, 0) is 32.2 Å². The highest BCUT2D eigenvalue weighted by molar-refractivity contribution is 5.98. The van der Waals surface area contributed by atoms with Crippen LogP contribution in [-0.4, -0.2) is 30.1 Å². The van der Waals surface area contributed by atoms with E-state index in [1.807, 2.05) is 54.6 Å². The molecule has 196 valence electrons. The first-order valence-corrected chi connectivity index (χ1v) is 12.5. The highest BCUT2D eigenvalue weighted by atomic mass is 19.1. The van der Waals surface area contributed by atoms with E-state index in [2.05, 4.69) is 0 Å². The summed E-state index contributed by atoms with van der Waals surface area (Å²) in [7, 11) is 0. The van der Waals surface area contributed by atoms with Gasteiger partial charge in [0.2, 0.25) is 0 Å². The molecule has 0 aliphatic carbocycles. The first kappa shape index (κ1) is 26.7. The van der Waals surface area contributed by atoms with Crippen LogP contribution in [0, 0.1) is 5.82 Å². The van der Waals surface area contributed by atoms with Crippen molar-refractivity contribution in [2.75, 3.05) is 13.2 Å². The van der Waals surface area contributed by atoms with E-state index in [9.17, 15) is 14.0 Å². The first-order chi connectivity index (χ1) is 18.5. The lowest BCUT2D eigenvalue weighted by Gasteiger charge is -2.30. The Bertz CT molecular complexity index is 1280. The third-order valence-corrected chi connectivity index (χ3v) is 5.97. The van der Waals surface area contributed by atoms with Crippen molar-refractivity contribution in [2.45, 2.75) is 32.9 Å². The molecular weight excluding hydrogens is 485 g/mol. The Morgan fingerprint density at radius 2 is 1.42 bits per heavy atom. The largest absolute Gasteiger partial charge is 0.489 e. The number of hydrogen-bond donors (Lipinski definition) is 0. The minimum absolute atomic E-state index is 0.180. The van der Waals surface area contributed by atoms with Crippen LogP contribution >= 0.6 is 0 Å². The molecule has 0 aromatic heterocycles. The standard InChI is InChI=1S/C31H30FNO5/c1-3-36-30(34)27-19-33(18-22-13-15-25(32)16-14-22)20-28(31(35)37-4-2)29(27)24-11-8-12-26(17-24)38-21-23-9-6-5-7-10-23/h5-17,19-20,29H,3-4,18,21H2,1-2H3. The summed E-state index contributed by atoms with van der Waals surface area (Å²) in [5, 5.41) is 0. The predicted octanol–water partition coefficient (Wildman–Crippen LogP) is 5.90. The van der Waals surface area contributed by atoms with Gasteiger partial charge in [0.25, 0.3) is 0 Å². The van der Waals surface area contributed by atoms with Crippen LogP contribution in [0.2, 0.25) is 0 Å². The number of hydrogen-bond acceptors (Lipinski definition) is 6. The van der Waals surface area contributed by atoms with Gasteiger partial charge in [-0.25, -0.2) is 14.0 Å². The van der Waals surface area contributed by atoms with Gasteiger partial charge in [0.1, 0.15) is 18.2 Å². The minimum atomic E-state index is -0.724. The van der Waals surface area contributed by atoms with Crippen molar-refractivity contribution in [3.8, 4) is 5.75 Å². The lowest BCUT2D eigenvalue weighted by atomic mass is 9.83. The van der Waals surface area contributed by atoms with Crippen LogP contribution in [0.25, 0.3) is 0 Å². The minimum Gasteiger partial charge on any atom is -0.489 e. The van der Waals surface area contributed by atoms with E-state index in [0.717, 1.165) is 11.1 Å². The quantitative estimate of drug-likeness (QED) is 0.314. The smallest absolute Gasteiger partial charge is 0.336 e. The van der Waals surface area contributed by atoms with Gasteiger partial charge in [0.15, 0.2) is 0 Å². The molecule has 0 atom stereocenters. The second-order valence-corrected chi connectivity index (χ2v) is 8.69. The summed E-state index contributed by atoms with van der Waals surface area (Å²) in [6, 6.07) is 23.2. The van der Waals surface area contributed by atoms with Crippen LogP contribution in [0.1, 0.15) is 36.5 Å². The molecule has 0 saturated carbocycles. The number of ether oxygens (including phenoxy) is 3. The van der Waals surface area contributed by atoms with Crippen LogP contribution in [0.4, 0.5) is 4.39 Å². The van der Waals surface area contributed by atoms with E-state index in [0.29, 0.717) is 35.6 Å². The normalized spacial score (nSPS) is 13.4. The van der Waals surface area contributed by atoms with Crippen LogP contribution in [0.15, 0.2) is 102 Å². The Morgan fingerprint density at radius 1 is 0.789 bits per heavy atom. The third kappa shape index (κ3) is 6.68. The van der Waals surface area contributed by atoms with Crippen LogP contribution in [0.5, 0.6) is 5.75 Å². The second kappa shape index (κ2) is 12.7. The van der Waals surface area contributed by atoms with E-state index in [4.69, 9.17) is 14.2 Å². The Kier molecular flexibility index (Phi) is 8.93. The first-order valence-electron chi connectivity index (χ1n) is 12.5. The molecule has 0 saturated heterocycles. The molecule has 1 heterocycles. The van der Waals surface area contributed by atoms with Crippen molar-refractivity contribution < 1.29 is 28.2 Å². The van der Waals surface area contributed by atoms with E-state index in [1.165, 1.54) is 12.1 Å². The molecule has 3 aromatic carbocycles. The van der Waals surface area contributed by atoms with E-state index >= 15 is 0 Å². The fraction of sp³-hybridized carbons (Fsp3) is 0.226. The summed E-state index contributed by atoms with van der Waals surface area (Å²) >= 11 is 0. The van der Waals surface area contributed by atoms with Gasteiger partial charge in [0, 0.05) is 18.9 Å². The zero-order valence-corrected chi connectivity index (χ0v) is 21.4. The lowest BCUT2D eigenvalue weighted by molar-refractivity contribution is -0.139. The number of benzene rings is 3. The summed E-state index contributed by atoms with van der Waals surface area (Å²) in [6.45, 7) is 4.51. The van der Waals surface area contributed by atoms with Crippen LogP contribution < -0.4 is 4.74 Å². The summed E-state index contributed by atoms with van der Waals surface area (Å²) in [6.07, 6.45) is 3.35. The van der Waals surface area contributed by atoms with E-state index in [1.54, 1.807) is 43.3 Å². The van der Waals surface area contributed by atoms with Gasteiger partial charge in [-0.3, -0.25) is 0 Å². The highest BCUT2D eigenvalue weighted by Crippen LogP contribution is 2.38. The monoisotopic (exact) mass is 515 g/mol. The Balaban J connectivity index is 1.70. The zero-order valence-electron chi connectivity index (χ0n) is 21.4. The topological polar surface area (TPSA) is 65.1 Å². The predicted molar refractivity (Wildman–Crippen MR) is 141 cm³/mol. The molecule has 38 heavy (non-hydrogen) atoms. The van der Waals surface area contributed by atoms with Crippen molar-refractivity contribution in [2.24, 2.45) is 0 Å². The molecule has 0 unspecified atom stereocenters. The van der Waals surface area contributed by atoms with Crippen LogP contribution in [0.3, 0.4) is 0 Å². The fourth-order valence-electron chi connectivity index (χ4n) is 4.26. The Morgan fingerprint density at radius 3 is 2.03 bits per heavy atom. The zero-order chi connectivity index (χ0) is 26.9. The lowest BCUT2D eigenvalue weighted by Crippen LogP contribution is -2.29. The molecule has 1 aliphatic heterocycles. The van der Waals surface area contributed by atoms with Crippen molar-refractivity contribution >= 4 is 11.9 Å². The third-order valence-electron chi connectivity index (χ3n) is 5.97. The molecule has 7 heteroatoms. The number of carbonyl (C=O) groups excluding carboxylic acids is 2. The van der Waals surface area contributed by atoms with E-state index in [-0.39, 0.29) is 19.0 Å². The maximum atomic E-state index is 13.4.